The number of benzene rings is 11. The van der Waals surface area contributed by atoms with E-state index in [2.05, 4.69) is 269 Å². The molecule has 0 amide bonds. The van der Waals surface area contributed by atoms with Gasteiger partial charge in [-0.2, -0.15) is 0 Å². The van der Waals surface area contributed by atoms with Crippen LogP contribution in [-0.4, -0.2) is 4.57 Å². The Balaban J connectivity index is 1.20. The number of aromatic nitrogens is 1. The summed E-state index contributed by atoms with van der Waals surface area (Å²) in [6, 6.07) is 81.6. The molecule has 0 spiro atoms. The summed E-state index contributed by atoms with van der Waals surface area (Å²) in [5.41, 5.74) is 16.6. The molecule has 12 aromatic rings. The van der Waals surface area contributed by atoms with E-state index in [1.165, 1.54) is 104 Å². The zero-order valence-electron chi connectivity index (χ0n) is 39.7. The summed E-state index contributed by atoms with van der Waals surface area (Å²) in [6.07, 6.45) is 0. The van der Waals surface area contributed by atoms with Gasteiger partial charge >= 0.3 is 0 Å². The van der Waals surface area contributed by atoms with Crippen LogP contribution in [0.2, 0.25) is 0 Å². The third-order valence-electron chi connectivity index (χ3n) is 14.3. The highest BCUT2D eigenvalue weighted by Gasteiger charge is 2.28. The number of fused-ring (bicyclic) bond motifs is 3. The Morgan fingerprint density at radius 1 is 0.324 bits per heavy atom. The first-order chi connectivity index (χ1) is 33.0. The molecule has 1 aromatic heterocycles. The normalized spacial score (nSPS) is 12.3. The molecule has 0 aliphatic carbocycles. The molecule has 2 nitrogen and oxygen atoms in total. The van der Waals surface area contributed by atoms with Crippen molar-refractivity contribution in [1.82, 2.24) is 4.57 Å². The molecule has 0 saturated heterocycles. The van der Waals surface area contributed by atoms with Crippen molar-refractivity contribution in [2.24, 2.45) is 0 Å². The van der Waals surface area contributed by atoms with Crippen molar-refractivity contribution in [2.45, 2.75) is 52.4 Å². The predicted octanol–water partition coefficient (Wildman–Crippen LogP) is 18.7. The van der Waals surface area contributed by atoms with E-state index < -0.39 is 0 Å². The summed E-state index contributed by atoms with van der Waals surface area (Å²) in [6.45, 7) is 13.9. The highest BCUT2D eigenvalue weighted by molar-refractivity contribution is 6.28. The van der Waals surface area contributed by atoms with Gasteiger partial charge in [0.05, 0.1) is 33.8 Å². The number of nitrogens with zero attached hydrogens (tertiary/aromatic N) is 2. The Labute approximate surface area is 399 Å². The zero-order chi connectivity index (χ0) is 46.3. The maximum Gasteiger partial charge on any atom is 0.0541 e. The predicted molar refractivity (Wildman–Crippen MR) is 293 cm³/mol. The van der Waals surface area contributed by atoms with Crippen LogP contribution in [0.25, 0.3) is 93.2 Å². The van der Waals surface area contributed by atoms with Crippen LogP contribution in [0, 0.1) is 0 Å². The van der Waals surface area contributed by atoms with E-state index in [-0.39, 0.29) is 10.8 Å². The van der Waals surface area contributed by atoms with Gasteiger partial charge in [0.25, 0.3) is 0 Å². The van der Waals surface area contributed by atoms with Crippen LogP contribution in [0.1, 0.15) is 52.7 Å². The summed E-state index contributed by atoms with van der Waals surface area (Å²) in [5.74, 6) is 0. The first-order valence-electron chi connectivity index (χ1n) is 24.0. The van der Waals surface area contributed by atoms with Crippen LogP contribution in [0.5, 0.6) is 0 Å². The Morgan fingerprint density at radius 3 is 1.37 bits per heavy atom. The van der Waals surface area contributed by atoms with Crippen LogP contribution >= 0.6 is 0 Å². The molecule has 12 rings (SSSR count). The molecule has 0 fully saturated rings. The number of anilines is 3. The highest BCUT2D eigenvalue weighted by Crippen LogP contribution is 2.52. The van der Waals surface area contributed by atoms with Crippen molar-refractivity contribution in [1.29, 1.82) is 0 Å². The van der Waals surface area contributed by atoms with Gasteiger partial charge in [0.2, 0.25) is 0 Å². The minimum Gasteiger partial charge on any atom is -0.309 e. The Hall–Kier alpha value is -7.94. The van der Waals surface area contributed by atoms with Crippen molar-refractivity contribution in [3.05, 3.63) is 230 Å². The molecule has 0 unspecified atom stereocenters. The molecule has 0 bridgehead atoms. The Morgan fingerprint density at radius 2 is 0.765 bits per heavy atom. The van der Waals surface area contributed by atoms with Crippen molar-refractivity contribution < 1.29 is 0 Å². The number of rotatable bonds is 7. The Kier molecular flexibility index (Phi) is 9.67. The molecule has 0 aliphatic rings. The molecule has 0 aliphatic heterocycles. The molecule has 68 heavy (non-hydrogen) atoms. The standard InChI is InChI=1S/C66H54N2/c1-65(2,3)47-33-39-61(55(41-47)44-21-11-8-12-22-44)68(62-40-34-48(66(4,5)6)42-56(62)50-24-14-13-23-49(50)43-19-9-7-10-20-43)60-38-32-46-29-35-53-59(37-31-45-30-36-54(60)64(46)63(45)53)67-57-27-17-15-25-51(57)52-26-16-18-28-58(52)67/h7-42H,1-6H3. The quantitative estimate of drug-likeness (QED) is 0.145. The van der Waals surface area contributed by atoms with E-state index in [1.54, 1.807) is 0 Å². The minimum absolute atomic E-state index is 0.0535. The molecule has 0 saturated carbocycles. The lowest BCUT2D eigenvalue weighted by molar-refractivity contribution is 0.590. The second-order valence-electron chi connectivity index (χ2n) is 20.5. The molecular weight excluding hydrogens is 821 g/mol. The molecule has 328 valence electrons. The second kappa shape index (κ2) is 15.9. The molecule has 0 atom stereocenters. The summed E-state index contributed by atoms with van der Waals surface area (Å²) >= 11 is 0. The van der Waals surface area contributed by atoms with E-state index >= 15 is 0 Å². The first-order valence-corrected chi connectivity index (χ1v) is 24.0. The fourth-order valence-corrected chi connectivity index (χ4v) is 10.8. The minimum atomic E-state index is -0.0789. The van der Waals surface area contributed by atoms with Crippen LogP contribution < -0.4 is 4.90 Å². The van der Waals surface area contributed by atoms with E-state index in [0.717, 1.165) is 17.1 Å². The molecule has 0 radical (unpaired) electrons. The van der Waals surface area contributed by atoms with Crippen LogP contribution in [0.15, 0.2) is 218 Å². The fourth-order valence-electron chi connectivity index (χ4n) is 10.8. The van der Waals surface area contributed by atoms with Gasteiger partial charge in [0.15, 0.2) is 0 Å². The summed E-state index contributed by atoms with van der Waals surface area (Å²) in [4.78, 5) is 2.58. The topological polar surface area (TPSA) is 8.17 Å². The summed E-state index contributed by atoms with van der Waals surface area (Å²) in [7, 11) is 0. The fraction of sp³-hybridized carbons (Fsp3) is 0.121. The molecular formula is C66H54N2. The van der Waals surface area contributed by atoms with E-state index in [4.69, 9.17) is 0 Å². The van der Waals surface area contributed by atoms with E-state index in [1.807, 2.05) is 0 Å². The van der Waals surface area contributed by atoms with Crippen LogP contribution in [0.3, 0.4) is 0 Å². The van der Waals surface area contributed by atoms with Crippen LogP contribution in [0.4, 0.5) is 17.1 Å². The van der Waals surface area contributed by atoms with Gasteiger partial charge < -0.3 is 9.47 Å². The van der Waals surface area contributed by atoms with E-state index in [0.29, 0.717) is 0 Å². The van der Waals surface area contributed by atoms with Gasteiger partial charge in [-0.3, -0.25) is 0 Å². The van der Waals surface area contributed by atoms with Crippen molar-refractivity contribution in [2.75, 3.05) is 4.90 Å². The van der Waals surface area contributed by atoms with Gasteiger partial charge in [-0.1, -0.05) is 211 Å². The molecule has 0 N–H and O–H groups in total. The molecule has 11 aromatic carbocycles. The Bertz CT molecular complexity index is 3810. The lowest BCUT2D eigenvalue weighted by atomic mass is 9.83. The second-order valence-corrected chi connectivity index (χ2v) is 20.5. The molecule has 1 heterocycles. The molecule has 2 heteroatoms. The highest BCUT2D eigenvalue weighted by atomic mass is 15.1. The van der Waals surface area contributed by atoms with Gasteiger partial charge in [-0.25, -0.2) is 0 Å². The lowest BCUT2D eigenvalue weighted by Gasteiger charge is -2.33. The van der Waals surface area contributed by atoms with Crippen molar-refractivity contribution in [3.8, 4) is 39.1 Å². The smallest absolute Gasteiger partial charge is 0.0541 e. The zero-order valence-corrected chi connectivity index (χ0v) is 39.7. The average molecular weight is 875 g/mol. The van der Waals surface area contributed by atoms with Gasteiger partial charge in [0, 0.05) is 32.7 Å². The SMILES string of the molecule is CC(C)(C)c1ccc(N(c2ccc(C(C)(C)C)cc2-c2ccccc2-c2ccccc2)c2ccc3ccc4c(-n5c6ccccc6c6ccccc65)ccc5ccc2c3c54)c(-c2ccccc2)c1. The maximum absolute atomic E-state index is 2.58. The maximum atomic E-state index is 2.58. The number of hydrogen-bond acceptors (Lipinski definition) is 1. The first kappa shape index (κ1) is 41.5. The third kappa shape index (κ3) is 6.77. The van der Waals surface area contributed by atoms with Crippen molar-refractivity contribution >= 4 is 71.2 Å². The average Bonchev–Trinajstić information content (AvgIpc) is 3.70. The van der Waals surface area contributed by atoms with E-state index in [9.17, 15) is 0 Å². The van der Waals surface area contributed by atoms with Gasteiger partial charge in [-0.15, -0.1) is 0 Å². The van der Waals surface area contributed by atoms with Gasteiger partial charge in [0.1, 0.15) is 0 Å². The summed E-state index contributed by atoms with van der Waals surface area (Å²) < 4.78 is 2.47. The van der Waals surface area contributed by atoms with Crippen LogP contribution in [-0.2, 0) is 10.8 Å². The lowest BCUT2D eigenvalue weighted by Crippen LogP contribution is -2.17. The number of para-hydroxylation sites is 2. The third-order valence-corrected chi connectivity index (χ3v) is 14.3. The number of hydrogen-bond donors (Lipinski definition) is 0. The van der Waals surface area contributed by atoms with Crippen molar-refractivity contribution in [3.63, 3.8) is 0 Å². The largest absolute Gasteiger partial charge is 0.309 e. The monoisotopic (exact) mass is 874 g/mol. The summed E-state index contributed by atoms with van der Waals surface area (Å²) in [5, 5.41) is 9.99. The van der Waals surface area contributed by atoms with Gasteiger partial charge in [-0.05, 0) is 114 Å².